The maximum Gasteiger partial charge on any atom is 0.253 e. The minimum atomic E-state index is -0.643. The van der Waals surface area contributed by atoms with Gasteiger partial charge in [0.15, 0.2) is 0 Å². The lowest BCUT2D eigenvalue weighted by Crippen LogP contribution is -2.32. The molecule has 0 radical (unpaired) electrons. The van der Waals surface area contributed by atoms with Gasteiger partial charge in [0.05, 0.1) is 17.5 Å². The number of aromatic nitrogens is 2. The molecule has 1 aliphatic heterocycles. The highest BCUT2D eigenvalue weighted by atomic mass is 35.5. The van der Waals surface area contributed by atoms with Crippen LogP contribution in [0.4, 0.5) is 11.6 Å². The molecular formula is C22H23ClN4O3. The van der Waals surface area contributed by atoms with Crippen LogP contribution in [0.2, 0.25) is 5.02 Å². The van der Waals surface area contributed by atoms with Crippen LogP contribution in [0.5, 0.6) is 0 Å². The predicted molar refractivity (Wildman–Crippen MR) is 117 cm³/mol. The van der Waals surface area contributed by atoms with Gasteiger partial charge in [-0.3, -0.25) is 19.1 Å². The van der Waals surface area contributed by atoms with Crippen molar-refractivity contribution in [1.82, 2.24) is 9.55 Å². The smallest absolute Gasteiger partial charge is 0.253 e. The Kier molecular flexibility index (Phi) is 5.74. The van der Waals surface area contributed by atoms with Gasteiger partial charge in [-0.1, -0.05) is 29.8 Å². The topological polar surface area (TPSA) is 76.5 Å². The predicted octanol–water partition coefficient (Wildman–Crippen LogP) is 3.95. The van der Waals surface area contributed by atoms with Gasteiger partial charge in [0.2, 0.25) is 11.9 Å². The van der Waals surface area contributed by atoms with Crippen molar-refractivity contribution in [3.05, 3.63) is 53.1 Å². The van der Waals surface area contributed by atoms with Crippen molar-refractivity contribution in [3.8, 4) is 0 Å². The molecule has 7 nitrogen and oxygen atoms in total. The molecule has 1 aliphatic rings. The number of anilines is 2. The summed E-state index contributed by atoms with van der Waals surface area (Å²) in [7, 11) is 1.63. The highest BCUT2D eigenvalue weighted by Gasteiger charge is 2.40. The van der Waals surface area contributed by atoms with Gasteiger partial charge < -0.3 is 10.1 Å². The Morgan fingerprint density at radius 2 is 2.07 bits per heavy atom. The standard InChI is InChI=1S/C22H23ClN4O3/c1-14-8-9-15(12-16(14)23)24-20(28)13-19-21(29)26(10-5-11-30-2)22-25-17-6-3-4-7-18(17)27(19)22/h3-4,6-9,12,19H,5,10-11,13H2,1-2H3,(H,24,28). The van der Waals surface area contributed by atoms with Crippen LogP contribution < -0.4 is 10.2 Å². The summed E-state index contributed by atoms with van der Waals surface area (Å²) in [5.74, 6) is 0.195. The molecule has 0 saturated carbocycles. The Morgan fingerprint density at radius 1 is 1.27 bits per heavy atom. The Labute approximate surface area is 179 Å². The number of ether oxygens (including phenoxy) is 1. The van der Waals surface area contributed by atoms with E-state index >= 15 is 0 Å². The fraction of sp³-hybridized carbons (Fsp3) is 0.318. The number of amides is 2. The summed E-state index contributed by atoms with van der Waals surface area (Å²) in [4.78, 5) is 32.2. The number of hydrogen-bond acceptors (Lipinski definition) is 4. The van der Waals surface area contributed by atoms with Gasteiger partial charge in [-0.15, -0.1) is 0 Å². The normalized spacial score (nSPS) is 15.6. The lowest BCUT2D eigenvalue weighted by molar-refractivity contribution is -0.124. The number of fused-ring (bicyclic) bond motifs is 3. The molecular weight excluding hydrogens is 404 g/mol. The average molecular weight is 427 g/mol. The second-order valence-corrected chi connectivity index (χ2v) is 7.75. The van der Waals surface area contributed by atoms with Gasteiger partial charge in [-0.2, -0.15) is 0 Å². The van der Waals surface area contributed by atoms with Crippen molar-refractivity contribution in [2.45, 2.75) is 25.8 Å². The van der Waals surface area contributed by atoms with Crippen LogP contribution in [0.1, 0.15) is 24.4 Å². The van der Waals surface area contributed by atoms with E-state index in [1.165, 1.54) is 0 Å². The number of rotatable bonds is 7. The third-order valence-corrected chi connectivity index (χ3v) is 5.65. The van der Waals surface area contributed by atoms with Crippen LogP contribution in [0.25, 0.3) is 11.0 Å². The minimum Gasteiger partial charge on any atom is -0.385 e. The number of carbonyl (C=O) groups is 2. The SMILES string of the molecule is COCCCN1C(=O)C(CC(=O)Nc2ccc(C)c(Cl)c2)n2c1nc1ccccc12. The maximum absolute atomic E-state index is 13.2. The summed E-state index contributed by atoms with van der Waals surface area (Å²) in [6.45, 7) is 2.93. The molecule has 1 aromatic heterocycles. The van der Waals surface area contributed by atoms with Gasteiger partial charge in [-0.25, -0.2) is 4.98 Å². The number of halogens is 1. The number of aryl methyl sites for hydroxylation is 1. The Balaban J connectivity index is 1.60. The number of benzene rings is 2. The van der Waals surface area contributed by atoms with Crippen LogP contribution >= 0.6 is 11.6 Å². The number of nitrogens with one attached hydrogen (secondary N) is 1. The molecule has 1 unspecified atom stereocenters. The van der Waals surface area contributed by atoms with Gasteiger partial charge in [-0.05, 0) is 43.2 Å². The Hall–Kier alpha value is -2.90. The van der Waals surface area contributed by atoms with Crippen LogP contribution in [-0.4, -0.2) is 41.6 Å². The maximum atomic E-state index is 13.2. The first-order valence-corrected chi connectivity index (χ1v) is 10.2. The monoisotopic (exact) mass is 426 g/mol. The zero-order valence-corrected chi connectivity index (χ0v) is 17.6. The number of methoxy groups -OCH3 is 1. The highest BCUT2D eigenvalue weighted by Crippen LogP contribution is 2.36. The zero-order valence-electron chi connectivity index (χ0n) is 16.9. The van der Waals surface area contributed by atoms with E-state index in [0.29, 0.717) is 36.2 Å². The summed E-state index contributed by atoms with van der Waals surface area (Å²) in [6, 6.07) is 12.3. The molecule has 156 valence electrons. The van der Waals surface area contributed by atoms with E-state index in [1.54, 1.807) is 24.1 Å². The van der Waals surface area contributed by atoms with Crippen molar-refractivity contribution in [2.24, 2.45) is 0 Å². The van der Waals surface area contributed by atoms with E-state index in [4.69, 9.17) is 16.3 Å². The first kappa shape index (κ1) is 20.4. The molecule has 0 bridgehead atoms. The van der Waals surface area contributed by atoms with Crippen LogP contribution in [-0.2, 0) is 14.3 Å². The van der Waals surface area contributed by atoms with Gasteiger partial charge in [0, 0.05) is 31.0 Å². The van der Waals surface area contributed by atoms with E-state index in [0.717, 1.165) is 16.6 Å². The number of carbonyl (C=O) groups excluding carboxylic acids is 2. The number of para-hydroxylation sites is 2. The third-order valence-electron chi connectivity index (χ3n) is 5.25. The van der Waals surface area contributed by atoms with Crippen LogP contribution in [0, 0.1) is 6.92 Å². The second-order valence-electron chi connectivity index (χ2n) is 7.34. The quantitative estimate of drug-likeness (QED) is 0.580. The molecule has 0 spiro atoms. The summed E-state index contributed by atoms with van der Waals surface area (Å²) in [5, 5.41) is 3.43. The summed E-state index contributed by atoms with van der Waals surface area (Å²) < 4.78 is 6.99. The van der Waals surface area contributed by atoms with Gasteiger partial charge >= 0.3 is 0 Å². The molecule has 0 fully saturated rings. The van der Waals surface area contributed by atoms with E-state index in [9.17, 15) is 9.59 Å². The Morgan fingerprint density at radius 3 is 2.83 bits per heavy atom. The molecule has 2 heterocycles. The fourth-order valence-electron chi connectivity index (χ4n) is 3.73. The molecule has 3 aromatic rings. The molecule has 1 atom stereocenters. The first-order valence-electron chi connectivity index (χ1n) is 9.83. The third kappa shape index (κ3) is 3.78. The molecule has 2 amide bonds. The van der Waals surface area contributed by atoms with E-state index < -0.39 is 6.04 Å². The van der Waals surface area contributed by atoms with Crippen molar-refractivity contribution >= 4 is 46.1 Å². The lowest BCUT2D eigenvalue weighted by Gasteiger charge is -2.16. The Bertz CT molecular complexity index is 1110. The number of hydrogen-bond donors (Lipinski definition) is 1. The first-order chi connectivity index (χ1) is 14.5. The summed E-state index contributed by atoms with van der Waals surface area (Å²) in [6.07, 6.45) is 0.699. The van der Waals surface area contributed by atoms with Crippen molar-refractivity contribution < 1.29 is 14.3 Å². The lowest BCUT2D eigenvalue weighted by atomic mass is 10.1. The highest BCUT2D eigenvalue weighted by molar-refractivity contribution is 6.31. The van der Waals surface area contributed by atoms with E-state index in [-0.39, 0.29) is 18.2 Å². The zero-order chi connectivity index (χ0) is 21.3. The molecule has 0 saturated heterocycles. The number of imidazole rings is 1. The van der Waals surface area contributed by atoms with Crippen LogP contribution in [0.3, 0.4) is 0 Å². The van der Waals surface area contributed by atoms with Gasteiger partial charge in [0.25, 0.3) is 5.91 Å². The largest absolute Gasteiger partial charge is 0.385 e. The van der Waals surface area contributed by atoms with Crippen molar-refractivity contribution in [1.29, 1.82) is 0 Å². The molecule has 8 heteroatoms. The van der Waals surface area contributed by atoms with Crippen molar-refractivity contribution in [3.63, 3.8) is 0 Å². The molecule has 0 aliphatic carbocycles. The molecule has 30 heavy (non-hydrogen) atoms. The molecule has 2 aromatic carbocycles. The number of nitrogens with zero attached hydrogens (tertiary/aromatic N) is 3. The van der Waals surface area contributed by atoms with Crippen molar-refractivity contribution in [2.75, 3.05) is 30.5 Å². The van der Waals surface area contributed by atoms with Gasteiger partial charge in [0.1, 0.15) is 6.04 Å². The molecule has 4 rings (SSSR count). The van der Waals surface area contributed by atoms with E-state index in [2.05, 4.69) is 10.3 Å². The minimum absolute atomic E-state index is 0.0124. The summed E-state index contributed by atoms with van der Waals surface area (Å²) >= 11 is 6.15. The van der Waals surface area contributed by atoms with Crippen LogP contribution in [0.15, 0.2) is 42.5 Å². The fourth-order valence-corrected chi connectivity index (χ4v) is 3.91. The second kappa shape index (κ2) is 8.45. The average Bonchev–Trinajstić information content (AvgIpc) is 3.21. The summed E-state index contributed by atoms with van der Waals surface area (Å²) in [5.41, 5.74) is 3.18. The molecule has 1 N–H and O–H groups in total. The van der Waals surface area contributed by atoms with E-state index in [1.807, 2.05) is 41.8 Å².